The summed E-state index contributed by atoms with van der Waals surface area (Å²) >= 11 is 0. The van der Waals surface area contributed by atoms with Crippen LogP contribution in [-0.4, -0.2) is 100 Å². The highest BCUT2D eigenvalue weighted by molar-refractivity contribution is 5.76. The molecule has 526 valence electrons. The Hall–Kier alpha value is -2.64. The van der Waals surface area contributed by atoms with Gasteiger partial charge in [-0.2, -0.15) is 0 Å². The molecule has 6 N–H and O–H groups in total. The molecule has 7 atom stereocenters. The minimum Gasteiger partial charge on any atom is -0.466 e. The fourth-order valence-corrected chi connectivity index (χ4v) is 12.1. The van der Waals surface area contributed by atoms with E-state index in [-0.39, 0.29) is 18.5 Å². The molecule has 0 radical (unpaired) electrons. The van der Waals surface area contributed by atoms with Gasteiger partial charge in [-0.3, -0.25) is 9.59 Å². The molecule has 1 rings (SSSR count). The van der Waals surface area contributed by atoms with E-state index in [1.165, 1.54) is 270 Å². The molecule has 1 aliphatic heterocycles. The number of unbranched alkanes of at least 4 members (excludes halogenated alkanes) is 46. The van der Waals surface area contributed by atoms with E-state index in [1.807, 2.05) is 6.08 Å². The molecule has 1 saturated heterocycles. The minimum absolute atomic E-state index is 0.0160. The van der Waals surface area contributed by atoms with Gasteiger partial charge < -0.3 is 45.1 Å². The van der Waals surface area contributed by atoms with Crippen molar-refractivity contribution in [2.24, 2.45) is 0 Å². The number of esters is 1. The summed E-state index contributed by atoms with van der Waals surface area (Å²) in [5.41, 5.74) is 0. The van der Waals surface area contributed by atoms with Crippen LogP contribution in [0, 0.1) is 0 Å². The normalized spacial score (nSPS) is 18.0. The molecule has 0 aromatic carbocycles. The number of nitrogens with one attached hydrogen (secondary N) is 1. The van der Waals surface area contributed by atoms with E-state index in [9.17, 15) is 35.1 Å². The maximum atomic E-state index is 13.0. The summed E-state index contributed by atoms with van der Waals surface area (Å²) in [6.07, 6.45) is 81.3. The molecular weight excluding hydrogens is 1120 g/mol. The molecule has 0 spiro atoms. The van der Waals surface area contributed by atoms with Crippen molar-refractivity contribution in [3.63, 3.8) is 0 Å². The van der Waals surface area contributed by atoms with Crippen LogP contribution in [0.2, 0.25) is 0 Å². The number of aliphatic hydroxyl groups excluding tert-OH is 5. The summed E-state index contributed by atoms with van der Waals surface area (Å²) in [5, 5.41) is 54.3. The van der Waals surface area contributed by atoms with Crippen molar-refractivity contribution in [3.8, 4) is 0 Å². The van der Waals surface area contributed by atoms with E-state index in [4.69, 9.17) is 14.2 Å². The topological polar surface area (TPSA) is 175 Å². The lowest BCUT2D eigenvalue weighted by atomic mass is 9.99. The number of carbonyl (C=O) groups excluding carboxylic acids is 2. The van der Waals surface area contributed by atoms with Crippen LogP contribution in [-0.2, 0) is 23.8 Å². The molecule has 11 nitrogen and oxygen atoms in total. The second-order valence-electron chi connectivity index (χ2n) is 26.7. The molecule has 0 aromatic heterocycles. The molecule has 1 aliphatic rings. The molecule has 1 heterocycles. The zero-order valence-electron chi connectivity index (χ0n) is 58.6. The standard InChI is InChI=1S/C79H145NO10/c1-3-5-7-9-11-13-15-43-47-51-55-59-63-67-75(84)88-68-64-60-56-52-48-45-42-40-38-36-34-32-30-28-26-24-22-20-18-16-17-19-21-23-25-27-29-31-33-35-37-39-41-44-46-50-54-58-62-66-74(83)80-71(70-89-79-78(87)77(86)76(85)73(69-81)90-79)72(82)65-61-57-53-49-14-12-10-8-6-4-2/h6,8,14,16-17,20,22,49,61,65,71-73,76-79,81-82,85-87H,3-5,7,9-13,15,18-19,21,23-48,50-60,62-64,66-70H2,1-2H3,(H,80,83)/b8-6+,17-16-,22-20-,49-14+,65-61+. The van der Waals surface area contributed by atoms with Crippen LogP contribution in [0.4, 0.5) is 0 Å². The van der Waals surface area contributed by atoms with Crippen LogP contribution >= 0.6 is 0 Å². The molecular formula is C79H145NO10. The smallest absolute Gasteiger partial charge is 0.305 e. The van der Waals surface area contributed by atoms with Gasteiger partial charge in [-0.25, -0.2) is 0 Å². The fourth-order valence-electron chi connectivity index (χ4n) is 12.1. The number of hydrogen-bond acceptors (Lipinski definition) is 10. The number of ether oxygens (including phenoxy) is 3. The van der Waals surface area contributed by atoms with Gasteiger partial charge in [-0.15, -0.1) is 0 Å². The summed E-state index contributed by atoms with van der Waals surface area (Å²) < 4.78 is 16.7. The predicted octanol–water partition coefficient (Wildman–Crippen LogP) is 20.5. The number of aliphatic hydroxyl groups is 5. The van der Waals surface area contributed by atoms with Crippen LogP contribution in [0.25, 0.3) is 0 Å². The summed E-state index contributed by atoms with van der Waals surface area (Å²) in [6, 6.07) is -0.832. The van der Waals surface area contributed by atoms with Crippen molar-refractivity contribution in [2.45, 2.75) is 410 Å². The van der Waals surface area contributed by atoms with Gasteiger partial charge in [0.2, 0.25) is 5.91 Å². The maximum absolute atomic E-state index is 13.0. The highest BCUT2D eigenvalue weighted by Crippen LogP contribution is 2.24. The number of rotatable bonds is 68. The van der Waals surface area contributed by atoms with Gasteiger partial charge in [0.05, 0.1) is 32.0 Å². The summed E-state index contributed by atoms with van der Waals surface area (Å²) in [4.78, 5) is 25.1. The molecule has 0 aliphatic carbocycles. The largest absolute Gasteiger partial charge is 0.466 e. The zero-order valence-corrected chi connectivity index (χ0v) is 58.6. The third-order valence-corrected chi connectivity index (χ3v) is 18.1. The lowest BCUT2D eigenvalue weighted by molar-refractivity contribution is -0.302. The maximum Gasteiger partial charge on any atom is 0.305 e. The van der Waals surface area contributed by atoms with Crippen molar-refractivity contribution >= 4 is 11.9 Å². The van der Waals surface area contributed by atoms with E-state index >= 15 is 0 Å². The van der Waals surface area contributed by atoms with Gasteiger partial charge in [0.1, 0.15) is 24.4 Å². The average Bonchev–Trinajstić information content (AvgIpc) is 3.68. The van der Waals surface area contributed by atoms with Crippen molar-refractivity contribution in [2.75, 3.05) is 19.8 Å². The Morgan fingerprint density at radius 3 is 1.21 bits per heavy atom. The van der Waals surface area contributed by atoms with Gasteiger partial charge in [0, 0.05) is 12.8 Å². The lowest BCUT2D eigenvalue weighted by Crippen LogP contribution is -2.60. The Balaban J connectivity index is 1.89. The van der Waals surface area contributed by atoms with Crippen LogP contribution < -0.4 is 5.32 Å². The first-order valence-electron chi connectivity index (χ1n) is 38.6. The Morgan fingerprint density at radius 2 is 0.789 bits per heavy atom. The Kier molecular flexibility index (Phi) is 64.3. The highest BCUT2D eigenvalue weighted by Gasteiger charge is 2.44. The van der Waals surface area contributed by atoms with E-state index in [1.54, 1.807) is 6.08 Å². The van der Waals surface area contributed by atoms with Gasteiger partial charge in [-0.05, 0) is 83.5 Å². The lowest BCUT2D eigenvalue weighted by Gasteiger charge is -2.40. The Labute approximate surface area is 554 Å². The molecule has 1 fully saturated rings. The van der Waals surface area contributed by atoms with Crippen LogP contribution in [0.3, 0.4) is 0 Å². The van der Waals surface area contributed by atoms with Gasteiger partial charge >= 0.3 is 5.97 Å². The summed E-state index contributed by atoms with van der Waals surface area (Å²) in [5.74, 6) is -0.179. The highest BCUT2D eigenvalue weighted by atomic mass is 16.7. The second-order valence-corrected chi connectivity index (χ2v) is 26.7. The first-order valence-corrected chi connectivity index (χ1v) is 38.6. The summed E-state index contributed by atoms with van der Waals surface area (Å²) in [6.45, 7) is 4.24. The fraction of sp³-hybridized carbons (Fsp3) is 0.848. The summed E-state index contributed by atoms with van der Waals surface area (Å²) in [7, 11) is 0. The van der Waals surface area contributed by atoms with E-state index in [0.29, 0.717) is 19.4 Å². The molecule has 11 heteroatoms. The molecule has 7 unspecified atom stereocenters. The minimum atomic E-state index is -1.58. The predicted molar refractivity (Wildman–Crippen MR) is 380 cm³/mol. The van der Waals surface area contributed by atoms with Crippen LogP contribution in [0.5, 0.6) is 0 Å². The first kappa shape index (κ1) is 85.4. The Bertz CT molecular complexity index is 1680. The van der Waals surface area contributed by atoms with Crippen molar-refractivity contribution in [1.82, 2.24) is 5.32 Å². The average molecular weight is 1270 g/mol. The van der Waals surface area contributed by atoms with E-state index in [0.717, 1.165) is 70.6 Å². The molecule has 0 bridgehead atoms. The SMILES string of the molecule is CC/C=C/CC/C=C/CC/C=C/C(O)C(COC1OC(CO)C(O)C(O)C1O)NC(=O)CCCCCCCCCCCCCCCCCCC/C=C\C/C=C\CCCCCCCCCCCCCCCCCOC(=O)CCCCCCCCCCCCCCC. The first-order chi connectivity index (χ1) is 44.2. The second kappa shape index (κ2) is 67.8. The molecule has 0 saturated carbocycles. The zero-order chi connectivity index (χ0) is 65.1. The quantitative estimate of drug-likeness (QED) is 0.0195. The van der Waals surface area contributed by atoms with Crippen molar-refractivity contribution in [1.29, 1.82) is 0 Å². The number of carbonyl (C=O) groups is 2. The Morgan fingerprint density at radius 1 is 0.422 bits per heavy atom. The van der Waals surface area contributed by atoms with Crippen LogP contribution in [0.1, 0.15) is 367 Å². The third-order valence-electron chi connectivity index (χ3n) is 18.1. The van der Waals surface area contributed by atoms with Crippen molar-refractivity contribution < 1.29 is 49.3 Å². The van der Waals surface area contributed by atoms with E-state index < -0.39 is 49.5 Å². The molecule has 1 amide bonds. The molecule has 0 aromatic rings. The molecule has 90 heavy (non-hydrogen) atoms. The number of allylic oxidation sites excluding steroid dienone is 9. The van der Waals surface area contributed by atoms with Gasteiger partial charge in [0.15, 0.2) is 6.29 Å². The van der Waals surface area contributed by atoms with Gasteiger partial charge in [-0.1, -0.05) is 331 Å². The number of amides is 1. The van der Waals surface area contributed by atoms with Gasteiger partial charge in [0.25, 0.3) is 0 Å². The third kappa shape index (κ3) is 55.8. The monoisotopic (exact) mass is 1270 g/mol. The van der Waals surface area contributed by atoms with E-state index in [2.05, 4.69) is 67.8 Å². The van der Waals surface area contributed by atoms with Crippen LogP contribution in [0.15, 0.2) is 60.8 Å². The van der Waals surface area contributed by atoms with Crippen molar-refractivity contribution in [3.05, 3.63) is 60.8 Å². The number of hydrogen-bond donors (Lipinski definition) is 6.